The first kappa shape index (κ1) is 22.3. The number of nitrogens with zero attached hydrogens (tertiary/aromatic N) is 1. The van der Waals surface area contributed by atoms with Gasteiger partial charge in [0.05, 0.1) is 29.6 Å². The van der Waals surface area contributed by atoms with Crippen molar-refractivity contribution < 1.29 is 17.9 Å². The summed E-state index contributed by atoms with van der Waals surface area (Å²) in [7, 11) is -3.73. The molecule has 1 unspecified atom stereocenters. The Hall–Kier alpha value is -1.96. The Labute approximate surface area is 175 Å². The number of carbonyl (C=O) groups is 1. The average molecular weight is 445 g/mol. The maximum atomic E-state index is 12.5. The molecule has 2 rings (SSSR count). The van der Waals surface area contributed by atoms with Crippen molar-refractivity contribution in [3.8, 4) is 5.75 Å². The Balaban J connectivity index is 2.13. The molecule has 9 heteroatoms. The summed E-state index contributed by atoms with van der Waals surface area (Å²) in [5, 5.41) is 3.31. The molecule has 0 spiro atoms. The Kier molecular flexibility index (Phi) is 7.57. The van der Waals surface area contributed by atoms with Crippen LogP contribution in [0.2, 0.25) is 10.0 Å². The monoisotopic (exact) mass is 444 g/mol. The Bertz CT molecular complexity index is 933. The zero-order valence-corrected chi connectivity index (χ0v) is 18.1. The van der Waals surface area contributed by atoms with Gasteiger partial charge in [0, 0.05) is 5.02 Å². The minimum Gasteiger partial charge on any atom is -0.494 e. The van der Waals surface area contributed by atoms with E-state index in [4.69, 9.17) is 27.9 Å². The summed E-state index contributed by atoms with van der Waals surface area (Å²) in [6, 6.07) is 11.4. The molecule has 0 saturated carbocycles. The number of hydrogen-bond acceptors (Lipinski definition) is 4. The van der Waals surface area contributed by atoms with Gasteiger partial charge in [-0.3, -0.25) is 9.10 Å². The van der Waals surface area contributed by atoms with Crippen molar-refractivity contribution in [3.05, 3.63) is 58.1 Å². The summed E-state index contributed by atoms with van der Waals surface area (Å²) >= 11 is 12.0. The van der Waals surface area contributed by atoms with Crippen LogP contribution in [0.4, 0.5) is 5.69 Å². The van der Waals surface area contributed by atoms with Crippen LogP contribution >= 0.6 is 23.2 Å². The highest BCUT2D eigenvalue weighted by Crippen LogP contribution is 2.30. The Morgan fingerprint density at radius 1 is 1.18 bits per heavy atom. The number of rotatable bonds is 8. The van der Waals surface area contributed by atoms with E-state index in [9.17, 15) is 13.2 Å². The minimum absolute atomic E-state index is 0.144. The van der Waals surface area contributed by atoms with E-state index in [1.54, 1.807) is 0 Å². The van der Waals surface area contributed by atoms with Crippen LogP contribution in [-0.2, 0) is 14.8 Å². The van der Waals surface area contributed by atoms with Gasteiger partial charge in [0.15, 0.2) is 0 Å². The molecule has 152 valence electrons. The number of benzene rings is 2. The molecule has 2 aromatic carbocycles. The molecule has 2 aromatic rings. The van der Waals surface area contributed by atoms with Crippen LogP contribution in [0.3, 0.4) is 0 Å². The van der Waals surface area contributed by atoms with Gasteiger partial charge in [-0.05, 0) is 49.7 Å². The normalized spacial score (nSPS) is 12.3. The number of ether oxygens (including phenoxy) is 1. The first-order chi connectivity index (χ1) is 13.1. The van der Waals surface area contributed by atoms with Crippen molar-refractivity contribution in [2.75, 3.05) is 23.7 Å². The Morgan fingerprint density at radius 2 is 1.82 bits per heavy atom. The zero-order valence-electron chi connectivity index (χ0n) is 15.8. The molecule has 1 N–H and O–H groups in total. The second kappa shape index (κ2) is 9.49. The molecule has 1 atom stereocenters. The number of nitrogens with one attached hydrogen (secondary N) is 1. The van der Waals surface area contributed by atoms with Crippen LogP contribution in [0.1, 0.15) is 25.5 Å². The van der Waals surface area contributed by atoms with E-state index in [-0.39, 0.29) is 16.8 Å². The fourth-order valence-corrected chi connectivity index (χ4v) is 4.01. The fraction of sp³-hybridized carbons (Fsp3) is 0.316. The second-order valence-electron chi connectivity index (χ2n) is 6.16. The minimum atomic E-state index is -3.73. The van der Waals surface area contributed by atoms with Crippen LogP contribution in [0.15, 0.2) is 42.5 Å². The van der Waals surface area contributed by atoms with Crippen molar-refractivity contribution in [3.63, 3.8) is 0 Å². The summed E-state index contributed by atoms with van der Waals surface area (Å²) in [4.78, 5) is 12.5. The summed E-state index contributed by atoms with van der Waals surface area (Å²) in [5.74, 6) is 0.281. The van der Waals surface area contributed by atoms with Crippen molar-refractivity contribution in [2.24, 2.45) is 0 Å². The van der Waals surface area contributed by atoms with Crippen LogP contribution in [0.25, 0.3) is 0 Å². The van der Waals surface area contributed by atoms with E-state index in [1.807, 2.05) is 38.1 Å². The predicted molar refractivity (Wildman–Crippen MR) is 113 cm³/mol. The van der Waals surface area contributed by atoms with Gasteiger partial charge >= 0.3 is 0 Å². The average Bonchev–Trinajstić information content (AvgIpc) is 2.60. The first-order valence-corrected chi connectivity index (χ1v) is 11.2. The Morgan fingerprint density at radius 3 is 2.36 bits per heavy atom. The number of halogens is 2. The van der Waals surface area contributed by atoms with Crippen LogP contribution in [0.5, 0.6) is 5.75 Å². The largest absolute Gasteiger partial charge is 0.494 e. The summed E-state index contributed by atoms with van der Waals surface area (Å²) < 4.78 is 30.7. The highest BCUT2D eigenvalue weighted by molar-refractivity contribution is 7.92. The number of amides is 1. The molecule has 0 bridgehead atoms. The van der Waals surface area contributed by atoms with E-state index in [2.05, 4.69) is 5.32 Å². The van der Waals surface area contributed by atoms with Gasteiger partial charge in [0.1, 0.15) is 12.3 Å². The molecule has 0 saturated heterocycles. The highest BCUT2D eigenvalue weighted by Gasteiger charge is 2.24. The topological polar surface area (TPSA) is 75.7 Å². The number of anilines is 1. The molecule has 6 nitrogen and oxygen atoms in total. The van der Waals surface area contributed by atoms with Gasteiger partial charge in [0.2, 0.25) is 15.9 Å². The molecular formula is C19H22Cl2N2O4S. The third-order valence-electron chi connectivity index (χ3n) is 3.93. The number of carbonyl (C=O) groups excluding carboxylic acids is 1. The molecule has 0 radical (unpaired) electrons. The first-order valence-electron chi connectivity index (χ1n) is 8.56. The molecule has 0 aliphatic carbocycles. The summed E-state index contributed by atoms with van der Waals surface area (Å²) in [5.41, 5.74) is 1.06. The summed E-state index contributed by atoms with van der Waals surface area (Å²) in [6.07, 6.45) is 1.01. The smallest absolute Gasteiger partial charge is 0.241 e. The lowest BCUT2D eigenvalue weighted by atomic mass is 10.1. The summed E-state index contributed by atoms with van der Waals surface area (Å²) in [6.45, 7) is 3.88. The zero-order chi connectivity index (χ0) is 20.9. The van der Waals surface area contributed by atoms with E-state index in [1.165, 1.54) is 18.2 Å². The second-order valence-corrected chi connectivity index (χ2v) is 8.91. The van der Waals surface area contributed by atoms with Crippen molar-refractivity contribution in [1.29, 1.82) is 0 Å². The maximum Gasteiger partial charge on any atom is 0.241 e. The number of hydrogen-bond donors (Lipinski definition) is 1. The van der Waals surface area contributed by atoms with E-state index in [0.29, 0.717) is 11.6 Å². The van der Waals surface area contributed by atoms with E-state index in [0.717, 1.165) is 21.9 Å². The van der Waals surface area contributed by atoms with Crippen LogP contribution in [0, 0.1) is 0 Å². The molecule has 0 heterocycles. The van der Waals surface area contributed by atoms with Crippen molar-refractivity contribution >= 4 is 44.8 Å². The van der Waals surface area contributed by atoms with Gasteiger partial charge < -0.3 is 10.1 Å². The number of sulfonamides is 1. The molecule has 28 heavy (non-hydrogen) atoms. The van der Waals surface area contributed by atoms with Gasteiger partial charge in [0.25, 0.3) is 0 Å². The lowest BCUT2D eigenvalue weighted by molar-refractivity contribution is -0.120. The molecule has 0 fully saturated rings. The molecule has 0 aromatic heterocycles. The molecular weight excluding hydrogens is 423 g/mol. The van der Waals surface area contributed by atoms with E-state index >= 15 is 0 Å². The van der Waals surface area contributed by atoms with Crippen molar-refractivity contribution in [2.45, 2.75) is 19.9 Å². The lowest BCUT2D eigenvalue weighted by Crippen LogP contribution is -2.41. The highest BCUT2D eigenvalue weighted by atomic mass is 35.5. The predicted octanol–water partition coefficient (Wildman–Crippen LogP) is 4.04. The fourth-order valence-electron chi connectivity index (χ4n) is 2.58. The van der Waals surface area contributed by atoms with Crippen LogP contribution in [-0.4, -0.2) is 33.7 Å². The molecule has 0 aliphatic rings. The molecule has 1 amide bonds. The third kappa shape index (κ3) is 6.02. The van der Waals surface area contributed by atoms with Gasteiger partial charge in [-0.15, -0.1) is 0 Å². The SMILES string of the molecule is CCOc1ccc(C(C)NC(=O)CN(c2ccc(Cl)cc2Cl)S(C)(=O)=O)cc1. The van der Waals surface area contributed by atoms with Crippen molar-refractivity contribution in [1.82, 2.24) is 5.32 Å². The van der Waals surface area contributed by atoms with Gasteiger partial charge in [-0.2, -0.15) is 0 Å². The van der Waals surface area contributed by atoms with Crippen LogP contribution < -0.4 is 14.4 Å². The third-order valence-corrected chi connectivity index (χ3v) is 5.60. The van der Waals surface area contributed by atoms with E-state index < -0.39 is 22.5 Å². The lowest BCUT2D eigenvalue weighted by Gasteiger charge is -2.24. The molecule has 0 aliphatic heterocycles. The van der Waals surface area contributed by atoms with Gasteiger partial charge in [-0.25, -0.2) is 8.42 Å². The quantitative estimate of drug-likeness (QED) is 0.666. The maximum absolute atomic E-state index is 12.5. The van der Waals surface area contributed by atoms with Gasteiger partial charge in [-0.1, -0.05) is 35.3 Å². The standard InChI is InChI=1S/C19H22Cl2N2O4S/c1-4-27-16-8-5-14(6-9-16)13(2)22-19(24)12-23(28(3,25)26)18-10-7-15(20)11-17(18)21/h5-11,13H,4,12H2,1-3H3,(H,22,24).